The van der Waals surface area contributed by atoms with Gasteiger partial charge < -0.3 is 9.88 Å². The number of benzene rings is 2. The maximum atomic E-state index is 13.4. The molecule has 0 bridgehead atoms. The molecule has 1 N–H and O–H groups in total. The predicted octanol–water partition coefficient (Wildman–Crippen LogP) is 5.68. The van der Waals surface area contributed by atoms with Crippen LogP contribution in [0.3, 0.4) is 0 Å². The number of fused-ring (bicyclic) bond motifs is 1. The average molecular weight is 481 g/mol. The topological polar surface area (TPSA) is 68.9 Å². The number of anilines is 1. The molecule has 0 fully saturated rings. The van der Waals surface area contributed by atoms with E-state index in [1.807, 2.05) is 75.0 Å². The molecule has 0 aliphatic heterocycles. The quantitative estimate of drug-likeness (QED) is 0.285. The molecule has 2 aromatic heterocycles. The van der Waals surface area contributed by atoms with Crippen molar-refractivity contribution in [3.8, 4) is 11.1 Å². The lowest BCUT2D eigenvalue weighted by Crippen LogP contribution is -2.26. The van der Waals surface area contributed by atoms with Crippen molar-refractivity contribution in [3.05, 3.63) is 75.7 Å². The van der Waals surface area contributed by atoms with E-state index in [9.17, 15) is 9.59 Å². The lowest BCUT2D eigenvalue weighted by molar-refractivity contribution is -0.113. The minimum absolute atomic E-state index is 0.106. The fourth-order valence-corrected chi connectivity index (χ4v) is 4.85. The summed E-state index contributed by atoms with van der Waals surface area (Å²) in [6.07, 6.45) is 1.93. The molecule has 4 aromatic rings. The first-order chi connectivity index (χ1) is 15.8. The molecule has 0 aliphatic rings. The van der Waals surface area contributed by atoms with E-state index in [4.69, 9.17) is 16.6 Å². The van der Waals surface area contributed by atoms with Crippen LogP contribution in [-0.4, -0.2) is 25.8 Å². The molecule has 2 aromatic carbocycles. The first-order valence-electron chi connectivity index (χ1n) is 10.6. The zero-order valence-corrected chi connectivity index (χ0v) is 20.5. The average Bonchev–Trinajstić information content (AvgIpc) is 3.11. The predicted molar refractivity (Wildman–Crippen MR) is 136 cm³/mol. The standard InChI is InChI=1S/C25H25ClN4O2S/c1-15(2)30-24(32)23-22(19(13-29(23)4)17-8-6-5-7-9-17)28-25(30)33-14-21(31)27-20-12-18(26)11-10-16(20)3/h5-13,15H,14H2,1-4H3,(H,27,31). The van der Waals surface area contributed by atoms with E-state index in [1.54, 1.807) is 16.7 Å². The molecule has 0 atom stereocenters. The van der Waals surface area contributed by atoms with Crippen LogP contribution >= 0.6 is 23.4 Å². The molecule has 33 heavy (non-hydrogen) atoms. The summed E-state index contributed by atoms with van der Waals surface area (Å²) in [5, 5.41) is 3.97. The molecule has 2 heterocycles. The molecule has 0 unspecified atom stereocenters. The second-order valence-corrected chi connectivity index (χ2v) is 9.56. The molecule has 0 radical (unpaired) electrons. The van der Waals surface area contributed by atoms with Gasteiger partial charge in [0.05, 0.1) is 5.75 Å². The number of halogens is 1. The van der Waals surface area contributed by atoms with E-state index in [0.29, 0.717) is 26.9 Å². The van der Waals surface area contributed by atoms with Crippen LogP contribution in [0.4, 0.5) is 5.69 Å². The highest BCUT2D eigenvalue weighted by Gasteiger charge is 2.20. The van der Waals surface area contributed by atoms with Gasteiger partial charge in [-0.2, -0.15) is 0 Å². The van der Waals surface area contributed by atoms with Crippen LogP contribution in [0.5, 0.6) is 0 Å². The molecule has 0 saturated carbocycles. The Morgan fingerprint density at radius 3 is 2.61 bits per heavy atom. The number of carbonyl (C=O) groups excluding carboxylic acids is 1. The fourth-order valence-electron chi connectivity index (χ4n) is 3.76. The highest BCUT2D eigenvalue weighted by Crippen LogP contribution is 2.30. The van der Waals surface area contributed by atoms with Gasteiger partial charge in [-0.25, -0.2) is 4.98 Å². The Bertz CT molecular complexity index is 1390. The number of aromatic nitrogens is 3. The van der Waals surface area contributed by atoms with Gasteiger partial charge in [-0.3, -0.25) is 14.2 Å². The van der Waals surface area contributed by atoms with Crippen molar-refractivity contribution in [2.45, 2.75) is 32.0 Å². The third kappa shape index (κ3) is 4.70. The van der Waals surface area contributed by atoms with Crippen LogP contribution in [0, 0.1) is 6.92 Å². The van der Waals surface area contributed by atoms with Gasteiger partial charge in [0.25, 0.3) is 5.56 Å². The first-order valence-corrected chi connectivity index (χ1v) is 12.0. The molecule has 6 nitrogen and oxygen atoms in total. The molecule has 0 aliphatic carbocycles. The Morgan fingerprint density at radius 1 is 1.18 bits per heavy atom. The van der Waals surface area contributed by atoms with E-state index in [-0.39, 0.29) is 23.3 Å². The Balaban J connectivity index is 1.70. The Labute approximate surface area is 201 Å². The maximum Gasteiger partial charge on any atom is 0.278 e. The molecular formula is C25H25ClN4O2S. The fraction of sp³-hybridized carbons (Fsp3) is 0.240. The third-order valence-electron chi connectivity index (χ3n) is 5.40. The van der Waals surface area contributed by atoms with Gasteiger partial charge >= 0.3 is 0 Å². The van der Waals surface area contributed by atoms with Crippen LogP contribution in [0.25, 0.3) is 22.2 Å². The van der Waals surface area contributed by atoms with Crippen molar-refractivity contribution in [2.24, 2.45) is 7.05 Å². The van der Waals surface area contributed by atoms with Crippen LogP contribution in [-0.2, 0) is 11.8 Å². The van der Waals surface area contributed by atoms with Crippen LogP contribution in [0.2, 0.25) is 5.02 Å². The maximum absolute atomic E-state index is 13.4. The summed E-state index contributed by atoms with van der Waals surface area (Å²) < 4.78 is 3.48. The van der Waals surface area contributed by atoms with E-state index in [2.05, 4.69) is 5.32 Å². The van der Waals surface area contributed by atoms with Gasteiger partial charge in [0.1, 0.15) is 11.0 Å². The molecule has 1 amide bonds. The highest BCUT2D eigenvalue weighted by molar-refractivity contribution is 7.99. The smallest absolute Gasteiger partial charge is 0.278 e. The van der Waals surface area contributed by atoms with Gasteiger partial charge in [-0.1, -0.05) is 59.8 Å². The Morgan fingerprint density at radius 2 is 1.91 bits per heavy atom. The van der Waals surface area contributed by atoms with Crippen LogP contribution < -0.4 is 10.9 Å². The number of carbonyl (C=O) groups is 1. The van der Waals surface area contributed by atoms with E-state index < -0.39 is 0 Å². The minimum atomic E-state index is -0.189. The largest absolute Gasteiger partial charge is 0.344 e. The molecule has 170 valence electrons. The summed E-state index contributed by atoms with van der Waals surface area (Å²) in [6.45, 7) is 5.79. The Hall–Kier alpha value is -3.03. The molecule has 0 spiro atoms. The van der Waals surface area contributed by atoms with Crippen molar-refractivity contribution in [1.82, 2.24) is 14.1 Å². The third-order valence-corrected chi connectivity index (χ3v) is 6.58. The van der Waals surface area contributed by atoms with E-state index >= 15 is 0 Å². The molecule has 8 heteroatoms. The molecule has 4 rings (SSSR count). The normalized spacial score (nSPS) is 11.3. The van der Waals surface area contributed by atoms with Crippen LogP contribution in [0.15, 0.2) is 64.7 Å². The van der Waals surface area contributed by atoms with Crippen LogP contribution in [0.1, 0.15) is 25.5 Å². The second kappa shape index (κ2) is 9.45. The summed E-state index contributed by atoms with van der Waals surface area (Å²) in [6, 6.07) is 15.1. The zero-order chi connectivity index (χ0) is 23.7. The number of nitrogens with one attached hydrogen (secondary N) is 1. The number of hydrogen-bond acceptors (Lipinski definition) is 4. The number of rotatable bonds is 6. The summed E-state index contributed by atoms with van der Waals surface area (Å²) in [4.78, 5) is 31.0. The minimum Gasteiger partial charge on any atom is -0.344 e. The number of hydrogen-bond donors (Lipinski definition) is 1. The van der Waals surface area contributed by atoms with Crippen molar-refractivity contribution >= 4 is 46.0 Å². The monoisotopic (exact) mass is 480 g/mol. The zero-order valence-electron chi connectivity index (χ0n) is 18.9. The second-order valence-electron chi connectivity index (χ2n) is 8.18. The van der Waals surface area contributed by atoms with Gasteiger partial charge in [0.2, 0.25) is 5.91 Å². The van der Waals surface area contributed by atoms with Gasteiger partial charge in [-0.15, -0.1) is 0 Å². The number of amides is 1. The van der Waals surface area contributed by atoms with E-state index in [0.717, 1.165) is 16.7 Å². The SMILES string of the molecule is Cc1ccc(Cl)cc1NC(=O)CSc1nc2c(-c3ccccc3)cn(C)c2c(=O)n1C(C)C. The van der Waals surface area contributed by atoms with Crippen molar-refractivity contribution in [3.63, 3.8) is 0 Å². The summed E-state index contributed by atoms with van der Waals surface area (Å²) >= 11 is 7.32. The van der Waals surface area contributed by atoms with Gasteiger partial charge in [-0.05, 0) is 44.0 Å². The lowest BCUT2D eigenvalue weighted by atomic mass is 10.1. The van der Waals surface area contributed by atoms with Gasteiger partial charge in [0.15, 0.2) is 5.16 Å². The summed E-state index contributed by atoms with van der Waals surface area (Å²) in [5.74, 6) is -0.0734. The number of thioether (sulfide) groups is 1. The highest BCUT2D eigenvalue weighted by atomic mass is 35.5. The first kappa shape index (κ1) is 23.1. The van der Waals surface area contributed by atoms with E-state index in [1.165, 1.54) is 11.8 Å². The molecule has 0 saturated heterocycles. The lowest BCUT2D eigenvalue weighted by Gasteiger charge is -2.16. The van der Waals surface area contributed by atoms with Gasteiger partial charge in [0, 0.05) is 35.6 Å². The Kier molecular flexibility index (Phi) is 6.63. The number of nitrogens with zero attached hydrogens (tertiary/aromatic N) is 3. The molecular weight excluding hydrogens is 456 g/mol. The van der Waals surface area contributed by atoms with Crippen molar-refractivity contribution < 1.29 is 4.79 Å². The van der Waals surface area contributed by atoms with Crippen molar-refractivity contribution in [1.29, 1.82) is 0 Å². The summed E-state index contributed by atoms with van der Waals surface area (Å²) in [5.41, 5.74) is 4.54. The number of aryl methyl sites for hydroxylation is 2. The summed E-state index contributed by atoms with van der Waals surface area (Å²) in [7, 11) is 1.86. The van der Waals surface area contributed by atoms with Crippen molar-refractivity contribution in [2.75, 3.05) is 11.1 Å².